The minimum Gasteiger partial charge on any atom is -0.461 e. The minimum absolute atomic E-state index is 0.00637. The molecule has 2 aromatic carbocycles. The molecule has 0 bridgehead atoms. The number of benzene rings is 2. The average molecular weight is 485 g/mol. The van der Waals surface area contributed by atoms with Crippen LogP contribution in [0.3, 0.4) is 0 Å². The van der Waals surface area contributed by atoms with E-state index < -0.39 is 17.8 Å². The van der Waals surface area contributed by atoms with Crippen LogP contribution in [0.4, 0.5) is 13.2 Å². The van der Waals surface area contributed by atoms with Crippen molar-refractivity contribution in [3.63, 3.8) is 0 Å². The van der Waals surface area contributed by atoms with Crippen molar-refractivity contribution in [1.29, 1.82) is 0 Å². The molecule has 2 aromatic heterocycles. The van der Waals surface area contributed by atoms with Crippen molar-refractivity contribution in [1.82, 2.24) is 19.9 Å². The van der Waals surface area contributed by atoms with Crippen LogP contribution >= 0.6 is 11.6 Å². The summed E-state index contributed by atoms with van der Waals surface area (Å²) < 4.78 is 49.8. The Morgan fingerprint density at radius 2 is 1.97 bits per heavy atom. The Labute approximate surface area is 198 Å². The molecule has 0 spiro atoms. The zero-order valence-corrected chi connectivity index (χ0v) is 18.8. The summed E-state index contributed by atoms with van der Waals surface area (Å²) in [5.41, 5.74) is 0.0496. The van der Waals surface area contributed by atoms with E-state index >= 15 is 4.39 Å². The number of nitrogens with zero attached hydrogens (tertiary/aromatic N) is 4. The molecule has 2 aliphatic rings. The number of fused-ring (bicyclic) bond motifs is 3. The maximum absolute atomic E-state index is 15.7. The van der Waals surface area contributed by atoms with Gasteiger partial charge in [0.05, 0.1) is 10.6 Å². The number of alkyl halides is 1. The van der Waals surface area contributed by atoms with Crippen LogP contribution in [0.5, 0.6) is 6.01 Å². The molecule has 2 saturated heterocycles. The predicted molar refractivity (Wildman–Crippen MR) is 124 cm³/mol. The van der Waals surface area contributed by atoms with E-state index in [-0.39, 0.29) is 34.4 Å². The second-order valence-electron chi connectivity index (χ2n) is 9.01. The van der Waals surface area contributed by atoms with Gasteiger partial charge in [-0.05, 0) is 30.8 Å². The summed E-state index contributed by atoms with van der Waals surface area (Å²) in [6, 6.07) is 8.03. The van der Waals surface area contributed by atoms with E-state index in [1.165, 1.54) is 18.5 Å². The van der Waals surface area contributed by atoms with Crippen molar-refractivity contribution in [2.24, 2.45) is 0 Å². The van der Waals surface area contributed by atoms with Crippen LogP contribution in [0.25, 0.3) is 32.9 Å². The second-order valence-corrected chi connectivity index (χ2v) is 9.38. The summed E-state index contributed by atoms with van der Waals surface area (Å²) in [6.07, 6.45) is 4.30. The molecule has 6 rings (SSSR count). The molecule has 4 heterocycles. The number of pyridine rings is 1. The van der Waals surface area contributed by atoms with Gasteiger partial charge in [-0.15, -0.1) is 0 Å². The molecule has 0 unspecified atom stereocenters. The van der Waals surface area contributed by atoms with Crippen LogP contribution in [-0.2, 0) is 0 Å². The molecule has 9 heteroatoms. The van der Waals surface area contributed by atoms with E-state index in [0.29, 0.717) is 34.7 Å². The van der Waals surface area contributed by atoms with Crippen LogP contribution in [-0.4, -0.2) is 51.3 Å². The maximum Gasteiger partial charge on any atom is 0.317 e. The van der Waals surface area contributed by atoms with Crippen LogP contribution in [0.15, 0.2) is 42.7 Å². The average Bonchev–Trinajstić information content (AvgIpc) is 3.36. The summed E-state index contributed by atoms with van der Waals surface area (Å²) in [7, 11) is 0. The SMILES string of the molecule is Fc1ccc2cccc(-c3ncc4cnc(OC[C@@]56CCCN5C[C@H](F)C6)nc4c3F)c2c1Cl. The molecule has 34 heavy (non-hydrogen) atoms. The summed E-state index contributed by atoms with van der Waals surface area (Å²) in [6.45, 7) is 1.51. The molecule has 0 N–H and O–H groups in total. The minimum atomic E-state index is -0.871. The Hall–Kier alpha value is -2.97. The Morgan fingerprint density at radius 3 is 2.85 bits per heavy atom. The number of rotatable bonds is 4. The molecule has 2 atom stereocenters. The molecular formula is C25H20ClF3N4O. The number of hydrogen-bond acceptors (Lipinski definition) is 5. The van der Waals surface area contributed by atoms with Crippen molar-refractivity contribution in [2.75, 3.05) is 19.7 Å². The molecule has 174 valence electrons. The first-order valence-corrected chi connectivity index (χ1v) is 11.5. The summed E-state index contributed by atoms with van der Waals surface area (Å²) >= 11 is 6.23. The van der Waals surface area contributed by atoms with E-state index in [9.17, 15) is 8.78 Å². The van der Waals surface area contributed by atoms with Gasteiger partial charge in [0.2, 0.25) is 0 Å². The molecule has 0 amide bonds. The van der Waals surface area contributed by atoms with Crippen LogP contribution in [0, 0.1) is 11.6 Å². The van der Waals surface area contributed by atoms with Crippen LogP contribution < -0.4 is 4.74 Å². The summed E-state index contributed by atoms with van der Waals surface area (Å²) in [5.74, 6) is -1.27. The lowest BCUT2D eigenvalue weighted by Crippen LogP contribution is -2.43. The Balaban J connectivity index is 1.38. The Morgan fingerprint density at radius 1 is 1.12 bits per heavy atom. The second kappa shape index (κ2) is 8.06. The van der Waals surface area contributed by atoms with Crippen LogP contribution in [0.2, 0.25) is 5.02 Å². The third-order valence-corrected chi connectivity index (χ3v) is 7.33. The lowest BCUT2D eigenvalue weighted by molar-refractivity contribution is 0.107. The highest BCUT2D eigenvalue weighted by molar-refractivity contribution is 6.36. The van der Waals surface area contributed by atoms with Gasteiger partial charge in [-0.2, -0.15) is 4.98 Å². The highest BCUT2D eigenvalue weighted by atomic mass is 35.5. The summed E-state index contributed by atoms with van der Waals surface area (Å²) in [5, 5.41) is 1.35. The normalized spacial score (nSPS) is 22.5. The van der Waals surface area contributed by atoms with E-state index in [2.05, 4.69) is 19.9 Å². The van der Waals surface area contributed by atoms with Crippen molar-refractivity contribution in [3.8, 4) is 17.3 Å². The predicted octanol–water partition coefficient (Wildman–Crippen LogP) is 5.73. The third kappa shape index (κ3) is 3.39. The molecule has 0 aliphatic carbocycles. The highest BCUT2D eigenvalue weighted by Crippen LogP contribution is 2.40. The van der Waals surface area contributed by atoms with Gasteiger partial charge in [0.15, 0.2) is 5.82 Å². The van der Waals surface area contributed by atoms with Gasteiger partial charge in [0.25, 0.3) is 0 Å². The van der Waals surface area contributed by atoms with Crippen molar-refractivity contribution >= 4 is 33.3 Å². The molecule has 0 saturated carbocycles. The lowest BCUT2D eigenvalue weighted by Gasteiger charge is -2.30. The molecule has 0 radical (unpaired) electrons. The van der Waals surface area contributed by atoms with E-state index in [1.54, 1.807) is 24.3 Å². The van der Waals surface area contributed by atoms with Crippen molar-refractivity contribution in [2.45, 2.75) is 31.0 Å². The number of halogens is 4. The monoisotopic (exact) mass is 484 g/mol. The number of aromatic nitrogens is 3. The first-order chi connectivity index (χ1) is 16.4. The quantitative estimate of drug-likeness (QED) is 0.370. The van der Waals surface area contributed by atoms with Crippen molar-refractivity contribution in [3.05, 3.63) is 59.4 Å². The molecule has 5 nitrogen and oxygen atoms in total. The first kappa shape index (κ1) is 21.6. The van der Waals surface area contributed by atoms with Gasteiger partial charge in [-0.25, -0.2) is 18.2 Å². The van der Waals surface area contributed by atoms with Gasteiger partial charge in [0, 0.05) is 41.7 Å². The van der Waals surface area contributed by atoms with Gasteiger partial charge in [-0.1, -0.05) is 35.9 Å². The molecule has 2 aliphatic heterocycles. The lowest BCUT2D eigenvalue weighted by atomic mass is 9.95. The largest absolute Gasteiger partial charge is 0.461 e. The summed E-state index contributed by atoms with van der Waals surface area (Å²) in [4.78, 5) is 14.9. The molecular weight excluding hydrogens is 465 g/mol. The van der Waals surface area contributed by atoms with Gasteiger partial charge in [-0.3, -0.25) is 9.88 Å². The Kier molecular flexibility index (Phi) is 5.11. The Bertz CT molecular complexity index is 1430. The zero-order chi connectivity index (χ0) is 23.4. The van der Waals surface area contributed by atoms with Crippen LogP contribution in [0.1, 0.15) is 19.3 Å². The number of hydrogen-bond donors (Lipinski definition) is 0. The zero-order valence-electron chi connectivity index (χ0n) is 18.1. The highest BCUT2D eigenvalue weighted by Gasteiger charge is 2.49. The fourth-order valence-electron chi connectivity index (χ4n) is 5.36. The van der Waals surface area contributed by atoms with E-state index in [4.69, 9.17) is 16.3 Å². The first-order valence-electron chi connectivity index (χ1n) is 11.2. The number of ether oxygens (including phenoxy) is 1. The van der Waals surface area contributed by atoms with Gasteiger partial charge >= 0.3 is 6.01 Å². The van der Waals surface area contributed by atoms with Gasteiger partial charge in [0.1, 0.15) is 29.8 Å². The van der Waals surface area contributed by atoms with E-state index in [1.807, 2.05) is 0 Å². The fourth-order valence-corrected chi connectivity index (χ4v) is 5.63. The van der Waals surface area contributed by atoms with E-state index in [0.717, 1.165) is 19.4 Å². The smallest absolute Gasteiger partial charge is 0.317 e. The molecule has 4 aromatic rings. The third-order valence-electron chi connectivity index (χ3n) is 6.96. The topological polar surface area (TPSA) is 51.1 Å². The van der Waals surface area contributed by atoms with Crippen molar-refractivity contribution < 1.29 is 17.9 Å². The standard InChI is InChI=1S/C25H20ClF3N4O/c26-20-18(28)6-5-14-3-1-4-17(19(14)20)23-21(29)22-15(10-30-23)11-31-24(32-22)34-13-25-7-2-8-33(25)12-16(27)9-25/h1,3-6,10-11,16H,2,7-9,12-13H2/t16-,25+/m1/s1. The molecule has 2 fully saturated rings. The van der Waals surface area contributed by atoms with Gasteiger partial charge < -0.3 is 4.74 Å². The maximum atomic E-state index is 15.7. The fraction of sp³-hybridized carbons (Fsp3) is 0.320.